The minimum absolute atomic E-state index is 0.286. The van der Waals surface area contributed by atoms with Crippen LogP contribution in [0.5, 0.6) is 0 Å². The second kappa shape index (κ2) is 10.2. The van der Waals surface area contributed by atoms with Crippen LogP contribution in [0.1, 0.15) is 40.3 Å². The van der Waals surface area contributed by atoms with Crippen LogP contribution in [0, 0.1) is 6.92 Å². The van der Waals surface area contributed by atoms with E-state index in [-0.39, 0.29) is 5.91 Å². The maximum Gasteiger partial charge on any atom is 0.291 e. The Kier molecular flexibility index (Phi) is 6.48. The summed E-state index contributed by atoms with van der Waals surface area (Å²) in [6.45, 7) is 1.91. The number of anilines is 2. The van der Waals surface area contributed by atoms with Gasteiger partial charge in [-0.1, -0.05) is 36.4 Å². The van der Waals surface area contributed by atoms with Gasteiger partial charge in [-0.2, -0.15) is 15.3 Å². The highest BCUT2D eigenvalue weighted by molar-refractivity contribution is 6.09. The fraction of sp³-hybridized carbons (Fsp3) is 0.143. The maximum absolute atomic E-state index is 13.0. The molecule has 1 aliphatic rings. The van der Waals surface area contributed by atoms with Crippen molar-refractivity contribution in [3.63, 3.8) is 0 Å². The zero-order valence-corrected chi connectivity index (χ0v) is 19.4. The van der Waals surface area contributed by atoms with Crippen molar-refractivity contribution in [2.75, 3.05) is 10.7 Å². The van der Waals surface area contributed by atoms with Crippen LogP contribution in [0.4, 0.5) is 22.7 Å². The highest BCUT2D eigenvalue weighted by Crippen LogP contribution is 2.31. The Labute approximate surface area is 203 Å². The zero-order chi connectivity index (χ0) is 24.0. The van der Waals surface area contributed by atoms with Gasteiger partial charge in [0.05, 0.1) is 22.8 Å². The standard InChI is InChI=1S/C28H25N5O2/c1-19-26-24(33-32-22-11-6-3-7-12-22)13-8-14-25(26)35-27(19)28(34)29-20-15-17-23(18-16-20)31-30-21-9-4-2-5-10-21/h2-7,9-12,15-18,32H,8,13-14H2,1H3,(H,29,34). The Morgan fingerprint density at radius 1 is 0.800 bits per heavy atom. The van der Waals surface area contributed by atoms with Gasteiger partial charge in [0.25, 0.3) is 5.91 Å². The molecule has 0 spiro atoms. The highest BCUT2D eigenvalue weighted by atomic mass is 16.4. The molecule has 3 aromatic carbocycles. The number of nitrogens with zero attached hydrogens (tertiary/aromatic N) is 3. The average molecular weight is 464 g/mol. The Morgan fingerprint density at radius 2 is 1.46 bits per heavy atom. The summed E-state index contributed by atoms with van der Waals surface area (Å²) in [5.41, 5.74) is 8.81. The molecular formula is C28H25N5O2. The first kappa shape index (κ1) is 22.3. The van der Waals surface area contributed by atoms with Gasteiger partial charge >= 0.3 is 0 Å². The molecule has 5 rings (SSSR count). The van der Waals surface area contributed by atoms with E-state index in [2.05, 4.69) is 26.1 Å². The first-order chi connectivity index (χ1) is 17.2. The Morgan fingerprint density at radius 3 is 2.17 bits per heavy atom. The number of hydrogen-bond acceptors (Lipinski definition) is 6. The van der Waals surface area contributed by atoms with Crippen molar-refractivity contribution in [1.29, 1.82) is 0 Å². The van der Waals surface area contributed by atoms with Crippen LogP contribution in [-0.4, -0.2) is 11.6 Å². The van der Waals surface area contributed by atoms with E-state index in [1.54, 1.807) is 12.1 Å². The molecule has 0 saturated heterocycles. The van der Waals surface area contributed by atoms with E-state index in [4.69, 9.17) is 4.42 Å². The normalized spacial score (nSPS) is 14.1. The minimum atomic E-state index is -0.286. The van der Waals surface area contributed by atoms with Crippen LogP contribution in [0.3, 0.4) is 0 Å². The van der Waals surface area contributed by atoms with E-state index in [1.807, 2.05) is 79.7 Å². The van der Waals surface area contributed by atoms with E-state index < -0.39 is 0 Å². The van der Waals surface area contributed by atoms with Gasteiger partial charge in [0, 0.05) is 23.2 Å². The average Bonchev–Trinajstić information content (AvgIpc) is 3.25. The fourth-order valence-corrected chi connectivity index (χ4v) is 4.05. The fourth-order valence-electron chi connectivity index (χ4n) is 4.05. The molecule has 0 fully saturated rings. The summed E-state index contributed by atoms with van der Waals surface area (Å²) in [7, 11) is 0. The predicted octanol–water partition coefficient (Wildman–Crippen LogP) is 7.41. The number of hydrazone groups is 1. The molecule has 174 valence electrons. The summed E-state index contributed by atoms with van der Waals surface area (Å²) in [4.78, 5) is 13.0. The SMILES string of the molecule is Cc1c(C(=O)Nc2ccc(N=Nc3ccccc3)cc2)oc2c1C(=NNc1ccccc1)CCC2. The lowest BCUT2D eigenvalue weighted by Crippen LogP contribution is -2.14. The number of hydrogen-bond donors (Lipinski definition) is 2. The number of aryl methyl sites for hydroxylation is 1. The molecule has 2 N–H and O–H groups in total. The van der Waals surface area contributed by atoms with Gasteiger partial charge in [0.15, 0.2) is 5.76 Å². The second-order valence-corrected chi connectivity index (χ2v) is 8.28. The summed E-state index contributed by atoms with van der Waals surface area (Å²) in [6.07, 6.45) is 2.54. The Bertz CT molecular complexity index is 1370. The van der Waals surface area contributed by atoms with Crippen molar-refractivity contribution >= 4 is 34.4 Å². The molecule has 1 aromatic heterocycles. The van der Waals surface area contributed by atoms with Gasteiger partial charge in [-0.05, 0) is 68.3 Å². The first-order valence-electron chi connectivity index (χ1n) is 11.6. The molecule has 0 unspecified atom stereocenters. The number of amides is 1. The molecule has 1 heterocycles. The van der Waals surface area contributed by atoms with Crippen LogP contribution in [0.15, 0.2) is 105 Å². The molecule has 0 bridgehead atoms. The molecule has 0 saturated carbocycles. The number of rotatable bonds is 6. The van der Waals surface area contributed by atoms with E-state index in [0.29, 0.717) is 17.1 Å². The van der Waals surface area contributed by atoms with Gasteiger partial charge in [-0.3, -0.25) is 10.2 Å². The number of para-hydroxylation sites is 1. The smallest absolute Gasteiger partial charge is 0.291 e. The molecule has 7 heteroatoms. The number of carbonyl (C=O) groups excluding carboxylic acids is 1. The number of furan rings is 1. The molecule has 1 aliphatic carbocycles. The maximum atomic E-state index is 13.0. The van der Waals surface area contributed by atoms with Crippen molar-refractivity contribution in [2.24, 2.45) is 15.3 Å². The summed E-state index contributed by atoms with van der Waals surface area (Å²) in [5, 5.41) is 16.0. The monoisotopic (exact) mass is 463 g/mol. The minimum Gasteiger partial charge on any atom is -0.455 e. The molecule has 35 heavy (non-hydrogen) atoms. The lowest BCUT2D eigenvalue weighted by atomic mass is 9.93. The predicted molar refractivity (Wildman–Crippen MR) is 138 cm³/mol. The van der Waals surface area contributed by atoms with Crippen LogP contribution in [0.25, 0.3) is 0 Å². The number of carbonyl (C=O) groups is 1. The molecule has 0 radical (unpaired) electrons. The lowest BCUT2D eigenvalue weighted by Gasteiger charge is -2.13. The summed E-state index contributed by atoms with van der Waals surface area (Å²) in [5.74, 6) is 0.840. The Balaban J connectivity index is 1.30. The van der Waals surface area contributed by atoms with Crippen molar-refractivity contribution in [3.05, 3.63) is 108 Å². The second-order valence-electron chi connectivity index (χ2n) is 8.28. The van der Waals surface area contributed by atoms with E-state index in [9.17, 15) is 4.79 Å². The number of benzene rings is 3. The van der Waals surface area contributed by atoms with Gasteiger partial charge in [0.2, 0.25) is 0 Å². The zero-order valence-electron chi connectivity index (χ0n) is 19.4. The summed E-state index contributed by atoms with van der Waals surface area (Å²) < 4.78 is 6.01. The van der Waals surface area contributed by atoms with Crippen LogP contribution < -0.4 is 10.7 Å². The summed E-state index contributed by atoms with van der Waals surface area (Å²) >= 11 is 0. The Hall–Kier alpha value is -4.52. The lowest BCUT2D eigenvalue weighted by molar-refractivity contribution is 0.0994. The quantitative estimate of drug-likeness (QED) is 0.230. The van der Waals surface area contributed by atoms with E-state index in [0.717, 1.165) is 53.2 Å². The number of azo groups is 1. The van der Waals surface area contributed by atoms with Gasteiger partial charge in [-0.25, -0.2) is 0 Å². The van der Waals surface area contributed by atoms with Crippen LogP contribution in [-0.2, 0) is 6.42 Å². The summed E-state index contributed by atoms with van der Waals surface area (Å²) in [6, 6.07) is 26.5. The third kappa shape index (κ3) is 5.19. The van der Waals surface area contributed by atoms with Gasteiger partial charge in [-0.15, -0.1) is 0 Å². The van der Waals surface area contributed by atoms with Crippen molar-refractivity contribution in [2.45, 2.75) is 26.2 Å². The first-order valence-corrected chi connectivity index (χ1v) is 11.6. The van der Waals surface area contributed by atoms with Crippen LogP contribution in [0.2, 0.25) is 0 Å². The third-order valence-corrected chi connectivity index (χ3v) is 5.79. The number of nitrogens with one attached hydrogen (secondary N) is 2. The van der Waals surface area contributed by atoms with E-state index >= 15 is 0 Å². The molecule has 0 atom stereocenters. The van der Waals surface area contributed by atoms with Crippen molar-refractivity contribution < 1.29 is 9.21 Å². The topological polar surface area (TPSA) is 91.4 Å². The van der Waals surface area contributed by atoms with Crippen LogP contribution >= 0.6 is 0 Å². The molecule has 1 amide bonds. The molecule has 7 nitrogen and oxygen atoms in total. The number of fused-ring (bicyclic) bond motifs is 1. The van der Waals surface area contributed by atoms with Gasteiger partial charge < -0.3 is 9.73 Å². The largest absolute Gasteiger partial charge is 0.455 e. The van der Waals surface area contributed by atoms with Crippen molar-refractivity contribution in [3.8, 4) is 0 Å². The molecule has 4 aromatic rings. The van der Waals surface area contributed by atoms with Crippen molar-refractivity contribution in [1.82, 2.24) is 0 Å². The van der Waals surface area contributed by atoms with E-state index in [1.165, 1.54) is 0 Å². The third-order valence-electron chi connectivity index (χ3n) is 5.79. The highest BCUT2D eigenvalue weighted by Gasteiger charge is 2.28. The molecule has 0 aliphatic heterocycles. The molecular weight excluding hydrogens is 438 g/mol. The van der Waals surface area contributed by atoms with Gasteiger partial charge in [0.1, 0.15) is 5.76 Å².